The second-order valence-electron chi connectivity index (χ2n) is 7.98. The summed E-state index contributed by atoms with van der Waals surface area (Å²) in [6, 6.07) is 11.9. The summed E-state index contributed by atoms with van der Waals surface area (Å²) < 4.78 is 10.9. The van der Waals surface area contributed by atoms with Crippen molar-refractivity contribution in [1.82, 2.24) is 10.1 Å². The van der Waals surface area contributed by atoms with Gasteiger partial charge in [0.25, 0.3) is 11.6 Å². The van der Waals surface area contributed by atoms with Gasteiger partial charge < -0.3 is 19.1 Å². The number of nitro benzene ring substituents is 1. The Morgan fingerprint density at radius 3 is 2.58 bits per heavy atom. The highest BCUT2D eigenvalue weighted by Crippen LogP contribution is 2.33. The molecule has 0 aliphatic carbocycles. The lowest BCUT2D eigenvalue weighted by Gasteiger charge is -2.29. The van der Waals surface area contributed by atoms with Gasteiger partial charge in [-0.3, -0.25) is 14.9 Å². The molecule has 0 saturated carbocycles. The average Bonchev–Trinajstić information content (AvgIpc) is 3.27. The van der Waals surface area contributed by atoms with E-state index < -0.39 is 4.92 Å². The zero-order valence-corrected chi connectivity index (χ0v) is 18.5. The molecule has 33 heavy (non-hydrogen) atoms. The normalized spacial score (nSPS) is 15.9. The number of carbonyl (C=O) groups excluding carboxylic acids is 1. The van der Waals surface area contributed by atoms with Crippen molar-refractivity contribution in [3.63, 3.8) is 0 Å². The van der Waals surface area contributed by atoms with Gasteiger partial charge in [0, 0.05) is 53.8 Å². The molecule has 1 saturated heterocycles. The van der Waals surface area contributed by atoms with Crippen LogP contribution in [0.5, 0.6) is 0 Å². The molecule has 2 aliphatic heterocycles. The van der Waals surface area contributed by atoms with Crippen LogP contribution in [0.1, 0.15) is 21.6 Å². The summed E-state index contributed by atoms with van der Waals surface area (Å²) in [6.45, 7) is 2.95. The number of nitrogens with zero attached hydrogens (tertiary/aromatic N) is 4. The van der Waals surface area contributed by atoms with E-state index in [-0.39, 0.29) is 17.2 Å². The fourth-order valence-corrected chi connectivity index (χ4v) is 4.40. The molecule has 1 aromatic heterocycles. The van der Waals surface area contributed by atoms with Crippen molar-refractivity contribution in [2.24, 2.45) is 0 Å². The van der Waals surface area contributed by atoms with Crippen LogP contribution in [0.4, 0.5) is 11.4 Å². The van der Waals surface area contributed by atoms with Gasteiger partial charge in [-0.25, -0.2) is 0 Å². The Morgan fingerprint density at radius 1 is 1.09 bits per heavy atom. The van der Waals surface area contributed by atoms with Gasteiger partial charge in [0.15, 0.2) is 5.76 Å². The number of halogens is 1. The summed E-state index contributed by atoms with van der Waals surface area (Å²) in [5.41, 5.74) is 3.20. The van der Waals surface area contributed by atoms with E-state index in [1.165, 1.54) is 6.07 Å². The lowest BCUT2D eigenvalue weighted by atomic mass is 10.0. The van der Waals surface area contributed by atoms with Crippen molar-refractivity contribution < 1.29 is 19.0 Å². The lowest BCUT2D eigenvalue weighted by Crippen LogP contribution is -2.37. The van der Waals surface area contributed by atoms with E-state index in [4.69, 9.17) is 20.9 Å². The van der Waals surface area contributed by atoms with Crippen molar-refractivity contribution in [3.8, 4) is 11.3 Å². The van der Waals surface area contributed by atoms with Crippen LogP contribution in [0.15, 0.2) is 47.0 Å². The number of nitro groups is 1. The molecule has 10 heteroatoms. The molecule has 1 fully saturated rings. The van der Waals surface area contributed by atoms with E-state index in [9.17, 15) is 14.9 Å². The number of hydrogen-bond donors (Lipinski definition) is 0. The average molecular weight is 469 g/mol. The fraction of sp³-hybridized carbons (Fsp3) is 0.304. The van der Waals surface area contributed by atoms with Gasteiger partial charge >= 0.3 is 0 Å². The zero-order valence-electron chi connectivity index (χ0n) is 17.7. The molecule has 5 rings (SSSR count). The van der Waals surface area contributed by atoms with Gasteiger partial charge in [0.05, 0.1) is 30.4 Å². The van der Waals surface area contributed by atoms with Crippen molar-refractivity contribution >= 4 is 28.9 Å². The molecule has 0 unspecified atom stereocenters. The highest BCUT2D eigenvalue weighted by atomic mass is 35.5. The van der Waals surface area contributed by atoms with Gasteiger partial charge in [-0.1, -0.05) is 16.8 Å². The number of morpholine rings is 1. The smallest absolute Gasteiger partial charge is 0.293 e. The molecule has 170 valence electrons. The number of anilines is 1. The van der Waals surface area contributed by atoms with Crippen LogP contribution in [0.2, 0.25) is 5.02 Å². The summed E-state index contributed by atoms with van der Waals surface area (Å²) in [7, 11) is 0. The summed E-state index contributed by atoms with van der Waals surface area (Å²) in [5.74, 6) is 0.341. The quantitative estimate of drug-likeness (QED) is 0.422. The predicted octanol–water partition coefficient (Wildman–Crippen LogP) is 3.94. The Balaban J connectivity index is 1.41. The molecule has 0 spiro atoms. The van der Waals surface area contributed by atoms with Crippen LogP contribution in [-0.4, -0.2) is 53.7 Å². The number of ether oxygens (including phenoxy) is 1. The van der Waals surface area contributed by atoms with E-state index in [0.717, 1.165) is 16.8 Å². The van der Waals surface area contributed by atoms with Gasteiger partial charge in [-0.15, -0.1) is 0 Å². The van der Waals surface area contributed by atoms with Gasteiger partial charge in [-0.05, 0) is 36.4 Å². The van der Waals surface area contributed by atoms with Crippen molar-refractivity contribution in [2.75, 3.05) is 37.7 Å². The second-order valence-corrected chi connectivity index (χ2v) is 8.42. The SMILES string of the molecule is O=C(c1ccc(N2CCOCC2)c([N+](=O)[O-])c1)N1CCc2noc(-c3ccc(Cl)cc3)c2C1. The minimum absolute atomic E-state index is 0.0766. The van der Waals surface area contributed by atoms with Crippen molar-refractivity contribution in [1.29, 1.82) is 0 Å². The number of hydrogen-bond acceptors (Lipinski definition) is 7. The van der Waals surface area contributed by atoms with Crippen molar-refractivity contribution in [3.05, 3.63) is 74.4 Å². The Hall–Kier alpha value is -3.43. The number of amides is 1. The van der Waals surface area contributed by atoms with E-state index in [0.29, 0.717) is 62.3 Å². The molecule has 0 N–H and O–H groups in total. The van der Waals surface area contributed by atoms with Gasteiger partial charge in [0.2, 0.25) is 0 Å². The van der Waals surface area contributed by atoms with Gasteiger partial charge in [-0.2, -0.15) is 0 Å². The molecular formula is C23H21ClN4O5. The molecule has 0 radical (unpaired) electrons. The predicted molar refractivity (Wildman–Crippen MR) is 122 cm³/mol. The molecule has 2 aromatic carbocycles. The van der Waals surface area contributed by atoms with Crippen LogP contribution in [0.3, 0.4) is 0 Å². The maximum absolute atomic E-state index is 13.3. The first-order valence-corrected chi connectivity index (χ1v) is 11.0. The molecule has 0 atom stereocenters. The first-order chi connectivity index (χ1) is 16.0. The summed E-state index contributed by atoms with van der Waals surface area (Å²) in [4.78, 5) is 28.2. The standard InChI is InChI=1S/C23H21ClN4O5/c24-17-4-1-15(2-5-17)22-18-14-27(8-7-19(18)25-33-22)23(29)16-3-6-20(21(13-16)28(30)31)26-9-11-32-12-10-26/h1-6,13H,7-12,14H2. The Labute approximate surface area is 194 Å². The van der Waals surface area contributed by atoms with Crippen LogP contribution < -0.4 is 4.90 Å². The minimum atomic E-state index is -0.436. The van der Waals surface area contributed by atoms with Gasteiger partial charge in [0.1, 0.15) is 5.69 Å². The van der Waals surface area contributed by atoms with Crippen LogP contribution in [0, 0.1) is 10.1 Å². The number of rotatable bonds is 4. The number of benzene rings is 2. The number of carbonyl (C=O) groups is 1. The first kappa shape index (κ1) is 21.4. The molecule has 3 aromatic rings. The molecule has 3 heterocycles. The van der Waals surface area contributed by atoms with E-state index >= 15 is 0 Å². The third kappa shape index (κ3) is 4.17. The summed E-state index contributed by atoms with van der Waals surface area (Å²) in [5, 5.41) is 16.6. The Morgan fingerprint density at radius 2 is 1.85 bits per heavy atom. The molecule has 0 bridgehead atoms. The second kappa shape index (κ2) is 8.84. The molecule has 9 nitrogen and oxygen atoms in total. The Bertz CT molecular complexity index is 1200. The highest BCUT2D eigenvalue weighted by molar-refractivity contribution is 6.30. The molecular weight excluding hydrogens is 448 g/mol. The third-order valence-corrected chi connectivity index (χ3v) is 6.25. The van der Waals surface area contributed by atoms with Crippen LogP contribution in [0.25, 0.3) is 11.3 Å². The summed E-state index contributed by atoms with van der Waals surface area (Å²) in [6.07, 6.45) is 0.548. The monoisotopic (exact) mass is 468 g/mol. The highest BCUT2D eigenvalue weighted by Gasteiger charge is 2.30. The minimum Gasteiger partial charge on any atom is -0.378 e. The molecule has 1 amide bonds. The lowest BCUT2D eigenvalue weighted by molar-refractivity contribution is -0.384. The fourth-order valence-electron chi connectivity index (χ4n) is 4.27. The van der Waals surface area contributed by atoms with E-state index in [2.05, 4.69) is 5.16 Å². The topological polar surface area (TPSA) is 102 Å². The summed E-state index contributed by atoms with van der Waals surface area (Å²) >= 11 is 5.99. The van der Waals surface area contributed by atoms with Crippen LogP contribution >= 0.6 is 11.6 Å². The van der Waals surface area contributed by atoms with Crippen LogP contribution in [-0.2, 0) is 17.7 Å². The van der Waals surface area contributed by atoms with E-state index in [1.54, 1.807) is 29.2 Å². The largest absolute Gasteiger partial charge is 0.378 e. The molecule has 2 aliphatic rings. The van der Waals surface area contributed by atoms with E-state index in [1.807, 2.05) is 17.0 Å². The number of aromatic nitrogens is 1. The maximum Gasteiger partial charge on any atom is 0.293 e. The Kier molecular flexibility index (Phi) is 5.74. The third-order valence-electron chi connectivity index (χ3n) is 6.00. The maximum atomic E-state index is 13.3. The zero-order chi connectivity index (χ0) is 22.9. The first-order valence-electron chi connectivity index (χ1n) is 10.6. The van der Waals surface area contributed by atoms with Crippen molar-refractivity contribution in [2.45, 2.75) is 13.0 Å². The number of fused-ring (bicyclic) bond motifs is 1.